The van der Waals surface area contributed by atoms with Gasteiger partial charge in [0.1, 0.15) is 29.3 Å². The Labute approximate surface area is 500 Å². The molecule has 0 aliphatic heterocycles. The highest BCUT2D eigenvalue weighted by atomic mass is 35.5. The highest BCUT2D eigenvalue weighted by Gasteiger charge is 2.31. The number of carbonyl (C=O) groups is 2. The number of nitrogens with two attached hydrogens (primary N) is 1. The first-order valence-electron chi connectivity index (χ1n) is 25.9. The van der Waals surface area contributed by atoms with E-state index in [1.165, 1.54) is 62.2 Å². The summed E-state index contributed by atoms with van der Waals surface area (Å²) < 4.78 is 87.3. The second-order valence-electron chi connectivity index (χ2n) is 18.6. The standard InChI is InChI=1S/C22H16ClFN4O.C22H15ClFN3O2.C19H12F4N6/c1-25-22(29)16-12-26-9-8-19(16)28-20-11-21(15-10-13(23)6-7-17(15)24)27-18-5-3-2-4-14(18)20;1-29-22(28)16-12-25-9-8-19(16)27-20-11-21(15-10-13(23)6-7-17(15)24)26-18-5-3-2-4-14(18)20;20-13-6-5-10(19(21,22)23)7-12(13)16-8-15(11-3-1-2-4-14(11)27-16)28-18-26-9-25-17(24)29-18/h2-12H,1H3,(H,25,29)(H,26,27,28);2-12H,1H3,(H,25,26,27);1-9H,(H3,24,25,26,27,28,29). The Morgan fingerprint density at radius 3 is 1.41 bits per heavy atom. The quantitative estimate of drug-likeness (QED) is 0.0600. The zero-order valence-electron chi connectivity index (χ0n) is 45.3. The fraction of sp³-hybridized carbons (Fsp3) is 0.0476. The zero-order valence-corrected chi connectivity index (χ0v) is 46.8. The molecule has 87 heavy (non-hydrogen) atoms. The van der Waals surface area contributed by atoms with Crippen LogP contribution in [-0.4, -0.2) is 65.9 Å². The second kappa shape index (κ2) is 26.0. The van der Waals surface area contributed by atoms with Gasteiger partial charge in [-0.2, -0.15) is 18.2 Å². The molecule has 24 heteroatoms. The van der Waals surface area contributed by atoms with Crippen LogP contribution in [-0.2, 0) is 10.9 Å². The van der Waals surface area contributed by atoms with Gasteiger partial charge in [-0.25, -0.2) is 42.9 Å². The minimum absolute atomic E-state index is 0.00925. The number of hydrogen-bond acceptors (Lipinski definition) is 15. The molecule has 0 atom stereocenters. The van der Waals surface area contributed by atoms with Gasteiger partial charge < -0.3 is 31.7 Å². The largest absolute Gasteiger partial charge is 0.465 e. The molecule has 0 spiro atoms. The van der Waals surface area contributed by atoms with Crippen LogP contribution in [0.2, 0.25) is 10.0 Å². The summed E-state index contributed by atoms with van der Waals surface area (Å²) in [6.45, 7) is 0. The topological polar surface area (TPSA) is 221 Å². The lowest BCUT2D eigenvalue weighted by molar-refractivity contribution is -0.137. The number of nitrogens with zero attached hydrogens (tertiary/aromatic N) is 8. The van der Waals surface area contributed by atoms with E-state index in [2.05, 4.69) is 61.1 Å². The van der Waals surface area contributed by atoms with Gasteiger partial charge in [0, 0.05) is 74.7 Å². The lowest BCUT2D eigenvalue weighted by Gasteiger charge is -2.15. The number of fused-ring (bicyclic) bond motifs is 3. The molecule has 0 aliphatic carbocycles. The Hall–Kier alpha value is -10.8. The molecule has 0 bridgehead atoms. The molecule has 1 amide bonds. The maximum absolute atomic E-state index is 14.4. The number of nitrogens with one attached hydrogen (secondary N) is 4. The lowest BCUT2D eigenvalue weighted by atomic mass is 10.0. The van der Waals surface area contributed by atoms with Crippen LogP contribution in [0.3, 0.4) is 0 Å². The number of benzene rings is 6. The average molecular weight is 1220 g/mol. The van der Waals surface area contributed by atoms with Crippen molar-refractivity contribution in [3.63, 3.8) is 0 Å². The molecule has 0 fully saturated rings. The van der Waals surface area contributed by atoms with Crippen molar-refractivity contribution in [3.05, 3.63) is 233 Å². The van der Waals surface area contributed by atoms with Crippen molar-refractivity contribution in [2.45, 2.75) is 6.18 Å². The smallest absolute Gasteiger partial charge is 0.416 e. The van der Waals surface area contributed by atoms with Crippen LogP contribution < -0.4 is 27.0 Å². The number of halogens is 8. The molecule has 6 heterocycles. The van der Waals surface area contributed by atoms with Crippen LogP contribution in [0.4, 0.5) is 66.7 Å². The van der Waals surface area contributed by atoms with Crippen LogP contribution in [0.15, 0.2) is 189 Å². The number of hydrogen-bond donors (Lipinski definition) is 5. The molecule has 0 aliphatic rings. The Morgan fingerprint density at radius 1 is 0.517 bits per heavy atom. The summed E-state index contributed by atoms with van der Waals surface area (Å²) in [6, 6.07) is 41.0. The van der Waals surface area contributed by atoms with Gasteiger partial charge in [-0.05, 0) is 103 Å². The van der Waals surface area contributed by atoms with Crippen LogP contribution in [0, 0.1) is 17.5 Å². The summed E-state index contributed by atoms with van der Waals surface area (Å²) in [7, 11) is 2.86. The molecule has 6 aromatic heterocycles. The number of ether oxygens (including phenoxy) is 1. The van der Waals surface area contributed by atoms with E-state index in [-0.39, 0.29) is 40.2 Å². The highest BCUT2D eigenvalue weighted by molar-refractivity contribution is 6.31. The third-order valence-corrected chi connectivity index (χ3v) is 13.5. The zero-order chi connectivity index (χ0) is 61.4. The molecule has 0 saturated heterocycles. The molecule has 16 nitrogen and oxygen atoms in total. The van der Waals surface area contributed by atoms with Gasteiger partial charge in [-0.3, -0.25) is 14.8 Å². The van der Waals surface area contributed by atoms with E-state index in [1.807, 2.05) is 48.5 Å². The van der Waals surface area contributed by atoms with E-state index in [0.717, 1.165) is 22.9 Å². The van der Waals surface area contributed by atoms with E-state index in [0.29, 0.717) is 89.0 Å². The number of alkyl halides is 3. The first-order valence-corrected chi connectivity index (χ1v) is 26.6. The van der Waals surface area contributed by atoms with Gasteiger partial charge in [0.05, 0.1) is 80.3 Å². The van der Waals surface area contributed by atoms with E-state index < -0.39 is 35.2 Å². The molecule has 12 rings (SSSR count). The minimum atomic E-state index is -4.61. The van der Waals surface area contributed by atoms with Crippen LogP contribution in [0.5, 0.6) is 0 Å². The van der Waals surface area contributed by atoms with Crippen LogP contribution >= 0.6 is 23.2 Å². The number of methoxy groups -OCH3 is 1. The lowest BCUT2D eigenvalue weighted by Crippen LogP contribution is -2.19. The molecule has 0 radical (unpaired) electrons. The van der Waals surface area contributed by atoms with Gasteiger partial charge in [0.25, 0.3) is 5.91 Å². The number of esters is 1. The molecule has 0 unspecified atom stereocenters. The third kappa shape index (κ3) is 13.7. The fourth-order valence-electron chi connectivity index (χ4n) is 8.91. The first-order chi connectivity index (χ1) is 41.9. The van der Waals surface area contributed by atoms with Crippen molar-refractivity contribution in [1.29, 1.82) is 0 Å². The van der Waals surface area contributed by atoms with E-state index in [9.17, 15) is 35.9 Å². The number of nitrogen functional groups attached to an aromatic ring is 1. The van der Waals surface area contributed by atoms with Crippen molar-refractivity contribution >= 4 is 108 Å². The van der Waals surface area contributed by atoms with Crippen molar-refractivity contribution in [2.24, 2.45) is 0 Å². The molecule has 434 valence electrons. The van der Waals surface area contributed by atoms with Crippen molar-refractivity contribution in [2.75, 3.05) is 35.8 Å². The normalized spacial score (nSPS) is 11.0. The van der Waals surface area contributed by atoms with E-state index >= 15 is 0 Å². The van der Waals surface area contributed by atoms with Gasteiger partial charge in [-0.15, -0.1) is 0 Å². The maximum atomic E-state index is 14.4. The SMILES string of the molecule is CNC(=O)c1cnccc1Nc1cc(-c2cc(Cl)ccc2F)nc2ccccc12.COC(=O)c1cnccc1Nc1cc(-c2cc(Cl)ccc2F)nc2ccccc12.Nc1ncnc(Nc2cc(-c3cc(C(F)(F)F)ccc3F)nc3ccccc23)n1. The maximum Gasteiger partial charge on any atom is 0.416 e. The van der Waals surface area contributed by atoms with Gasteiger partial charge in [0.2, 0.25) is 11.9 Å². The predicted molar refractivity (Wildman–Crippen MR) is 324 cm³/mol. The molecule has 6 aromatic carbocycles. The van der Waals surface area contributed by atoms with Gasteiger partial charge >= 0.3 is 12.1 Å². The summed E-state index contributed by atoms with van der Waals surface area (Å²) in [6.07, 6.45) is 2.67. The van der Waals surface area contributed by atoms with Gasteiger partial charge in [0.15, 0.2) is 0 Å². The van der Waals surface area contributed by atoms with E-state index in [4.69, 9.17) is 33.7 Å². The molecule has 12 aromatic rings. The summed E-state index contributed by atoms with van der Waals surface area (Å²) in [5.41, 5.74) is 11.1. The van der Waals surface area contributed by atoms with E-state index in [1.54, 1.807) is 74.0 Å². The predicted octanol–water partition coefficient (Wildman–Crippen LogP) is 15.4. The summed E-state index contributed by atoms with van der Waals surface area (Å²) in [5.74, 6) is -2.33. The Balaban J connectivity index is 0.000000144. The highest BCUT2D eigenvalue weighted by Crippen LogP contribution is 2.38. The van der Waals surface area contributed by atoms with Crippen LogP contribution in [0.25, 0.3) is 66.5 Å². The number of carbonyl (C=O) groups excluding carboxylic acids is 2. The monoisotopic (exact) mass is 1210 g/mol. The summed E-state index contributed by atoms with van der Waals surface area (Å²) in [5, 5.41) is 15.2. The van der Waals surface area contributed by atoms with Crippen molar-refractivity contribution in [3.8, 4) is 33.8 Å². The van der Waals surface area contributed by atoms with Crippen LogP contribution in [0.1, 0.15) is 26.3 Å². The Morgan fingerprint density at radius 2 is 0.954 bits per heavy atom. The molecular formula is C63H43Cl2F6N13O3. The Kier molecular flexibility index (Phi) is 17.7. The number of aromatic nitrogens is 8. The first kappa shape index (κ1) is 59.3. The van der Waals surface area contributed by atoms with Crippen molar-refractivity contribution in [1.82, 2.24) is 45.2 Å². The molecular weight excluding hydrogens is 1170 g/mol. The number of rotatable bonds is 11. The number of pyridine rings is 5. The molecule has 6 N–H and O–H groups in total. The molecule has 0 saturated carbocycles. The second-order valence-corrected chi connectivity index (χ2v) is 19.5. The van der Waals surface area contributed by atoms with Gasteiger partial charge in [-0.1, -0.05) is 77.8 Å². The summed E-state index contributed by atoms with van der Waals surface area (Å²) >= 11 is 12.1. The Bertz CT molecular complexity index is 4390. The average Bonchev–Trinajstić information content (AvgIpc) is 2.54. The van der Waals surface area contributed by atoms with Crippen molar-refractivity contribution < 1.29 is 40.7 Å². The fourth-order valence-corrected chi connectivity index (χ4v) is 9.26. The number of amides is 1. The summed E-state index contributed by atoms with van der Waals surface area (Å²) in [4.78, 5) is 57.4. The number of anilines is 7. The minimum Gasteiger partial charge on any atom is -0.465 e. The number of para-hydroxylation sites is 3. The third-order valence-electron chi connectivity index (χ3n) is 13.0.